The summed E-state index contributed by atoms with van der Waals surface area (Å²) in [5.74, 6) is -0.207. The van der Waals surface area contributed by atoms with Crippen molar-refractivity contribution in [3.05, 3.63) is 67.1 Å². The first kappa shape index (κ1) is 24.1. The largest absolute Gasteiger partial charge is 0.394 e. The number of aliphatic hydroxyl groups is 1. The zero-order chi connectivity index (χ0) is 24.1. The van der Waals surface area contributed by atoms with Crippen molar-refractivity contribution >= 4 is 21.6 Å². The molecule has 0 radical (unpaired) electrons. The number of aromatic nitrogens is 2. The number of nitrogens with one attached hydrogen (secondary N) is 2. The number of carbonyl (C=O) groups is 1. The molecule has 2 heterocycles. The average Bonchev–Trinajstić information content (AvgIpc) is 3.28. The van der Waals surface area contributed by atoms with Gasteiger partial charge in [-0.2, -0.15) is 0 Å². The molecule has 0 bridgehead atoms. The molecule has 0 unspecified atom stereocenters. The topological polar surface area (TPSA) is 123 Å². The van der Waals surface area contributed by atoms with Gasteiger partial charge in [-0.1, -0.05) is 42.5 Å². The molecule has 9 nitrogen and oxygen atoms in total. The molecule has 0 spiro atoms. The van der Waals surface area contributed by atoms with Gasteiger partial charge in [-0.15, -0.1) is 0 Å². The van der Waals surface area contributed by atoms with Crippen LogP contribution in [0.15, 0.2) is 72.1 Å². The van der Waals surface area contributed by atoms with Gasteiger partial charge in [0.15, 0.2) is 5.03 Å². The van der Waals surface area contributed by atoms with E-state index in [9.17, 15) is 18.3 Å². The summed E-state index contributed by atoms with van der Waals surface area (Å²) in [6, 6.07) is 16.9. The van der Waals surface area contributed by atoms with Gasteiger partial charge in [0.1, 0.15) is 0 Å². The maximum Gasteiger partial charge on any atom is 0.259 e. The normalized spacial score (nSPS) is 20.7. The fraction of sp³-hybridized carbons (Fsp3) is 0.333. The van der Waals surface area contributed by atoms with Crippen molar-refractivity contribution in [2.75, 3.05) is 11.9 Å². The lowest BCUT2D eigenvalue weighted by atomic mass is 9.98. The summed E-state index contributed by atoms with van der Waals surface area (Å²) in [4.78, 5) is 16.4. The summed E-state index contributed by atoms with van der Waals surface area (Å²) < 4.78 is 35.1. The fourth-order valence-electron chi connectivity index (χ4n) is 4.00. The van der Waals surface area contributed by atoms with Gasteiger partial charge >= 0.3 is 0 Å². The number of ether oxygens (including phenoxy) is 1. The predicted octanol–water partition coefficient (Wildman–Crippen LogP) is 2.30. The van der Waals surface area contributed by atoms with E-state index in [0.29, 0.717) is 18.5 Å². The number of sulfonamides is 1. The van der Waals surface area contributed by atoms with Gasteiger partial charge in [-0.25, -0.2) is 18.1 Å². The molecule has 1 amide bonds. The van der Waals surface area contributed by atoms with E-state index < -0.39 is 28.3 Å². The number of hydrogen-bond acceptors (Lipinski definition) is 6. The predicted molar refractivity (Wildman–Crippen MR) is 127 cm³/mol. The van der Waals surface area contributed by atoms with E-state index in [4.69, 9.17) is 4.74 Å². The van der Waals surface area contributed by atoms with Gasteiger partial charge in [0, 0.05) is 18.9 Å². The van der Waals surface area contributed by atoms with Crippen molar-refractivity contribution in [2.45, 2.75) is 42.5 Å². The van der Waals surface area contributed by atoms with E-state index >= 15 is 0 Å². The minimum absolute atomic E-state index is 0.0912. The van der Waals surface area contributed by atoms with Crippen LogP contribution in [0.3, 0.4) is 0 Å². The minimum atomic E-state index is -3.84. The minimum Gasteiger partial charge on any atom is -0.394 e. The molecule has 2 aromatic carbocycles. The number of anilines is 1. The summed E-state index contributed by atoms with van der Waals surface area (Å²) in [6.07, 6.45) is 2.65. The van der Waals surface area contributed by atoms with E-state index in [1.165, 1.54) is 12.5 Å². The van der Waals surface area contributed by atoms with E-state index in [0.717, 1.165) is 11.1 Å². The Labute approximate surface area is 198 Å². The van der Waals surface area contributed by atoms with E-state index in [2.05, 4.69) is 15.0 Å². The Hall–Kier alpha value is -3.05. The number of amides is 1. The van der Waals surface area contributed by atoms with Gasteiger partial charge in [0.25, 0.3) is 10.0 Å². The van der Waals surface area contributed by atoms with Gasteiger partial charge in [0.05, 0.1) is 37.6 Å². The third-order valence-corrected chi connectivity index (χ3v) is 7.12. The Morgan fingerprint density at radius 2 is 1.82 bits per heavy atom. The SMILES string of the molecule is Cn1cnc(S(=O)(=O)N[C@H]2CC[C@@H](CC(=O)Nc3ccc(-c4ccccc4)cc3)O[C@@H]2CO)c1. The van der Waals surface area contributed by atoms with Crippen LogP contribution >= 0.6 is 0 Å². The molecule has 1 fully saturated rings. The van der Waals surface area contributed by atoms with Crippen molar-refractivity contribution < 1.29 is 23.1 Å². The molecule has 1 aliphatic heterocycles. The second-order valence-corrected chi connectivity index (χ2v) is 10.0. The van der Waals surface area contributed by atoms with Gasteiger partial charge in [-0.05, 0) is 36.1 Å². The van der Waals surface area contributed by atoms with Crippen LogP contribution in [0.5, 0.6) is 0 Å². The molecular formula is C24H28N4O5S. The lowest BCUT2D eigenvalue weighted by molar-refractivity contribution is -0.126. The fourth-order valence-corrected chi connectivity index (χ4v) is 5.28. The molecule has 10 heteroatoms. The lowest BCUT2D eigenvalue weighted by Gasteiger charge is -2.35. The van der Waals surface area contributed by atoms with Crippen molar-refractivity contribution in [3.63, 3.8) is 0 Å². The second kappa shape index (κ2) is 10.5. The van der Waals surface area contributed by atoms with Crippen LogP contribution in [0.4, 0.5) is 5.69 Å². The smallest absolute Gasteiger partial charge is 0.259 e. The van der Waals surface area contributed by atoms with Gasteiger partial charge in [0.2, 0.25) is 5.91 Å². The third kappa shape index (κ3) is 5.89. The molecule has 34 heavy (non-hydrogen) atoms. The molecule has 180 valence electrons. The first-order valence-electron chi connectivity index (χ1n) is 11.1. The second-order valence-electron chi connectivity index (χ2n) is 8.36. The van der Waals surface area contributed by atoms with E-state index in [-0.39, 0.29) is 24.0 Å². The highest BCUT2D eigenvalue weighted by atomic mass is 32.2. The highest BCUT2D eigenvalue weighted by molar-refractivity contribution is 7.89. The third-order valence-electron chi connectivity index (χ3n) is 5.75. The highest BCUT2D eigenvalue weighted by Crippen LogP contribution is 2.25. The van der Waals surface area contributed by atoms with E-state index in [1.807, 2.05) is 54.6 Å². The van der Waals surface area contributed by atoms with Crippen molar-refractivity contribution in [1.29, 1.82) is 0 Å². The van der Waals surface area contributed by atoms with Crippen LogP contribution in [0.25, 0.3) is 11.1 Å². The first-order valence-corrected chi connectivity index (χ1v) is 12.5. The molecule has 4 rings (SSSR count). The van der Waals surface area contributed by atoms with Gasteiger partial charge < -0.3 is 19.7 Å². The Morgan fingerprint density at radius 3 is 2.47 bits per heavy atom. The molecule has 3 aromatic rings. The number of imidazole rings is 1. The molecular weight excluding hydrogens is 456 g/mol. The van der Waals surface area contributed by atoms with Crippen LogP contribution in [0, 0.1) is 0 Å². The Kier molecular flexibility index (Phi) is 7.42. The number of aryl methyl sites for hydroxylation is 1. The molecule has 1 aliphatic rings. The van der Waals surface area contributed by atoms with Crippen LogP contribution in [-0.2, 0) is 26.6 Å². The van der Waals surface area contributed by atoms with Crippen molar-refractivity contribution in [1.82, 2.24) is 14.3 Å². The lowest BCUT2D eigenvalue weighted by Crippen LogP contribution is -2.51. The Bertz CT molecular complexity index is 1210. The number of carbonyl (C=O) groups excluding carboxylic acids is 1. The summed E-state index contributed by atoms with van der Waals surface area (Å²) in [5, 5.41) is 12.5. The highest BCUT2D eigenvalue weighted by Gasteiger charge is 2.35. The Morgan fingerprint density at radius 1 is 1.12 bits per heavy atom. The van der Waals surface area contributed by atoms with Crippen LogP contribution in [0.1, 0.15) is 19.3 Å². The zero-order valence-electron chi connectivity index (χ0n) is 18.8. The molecule has 0 aliphatic carbocycles. The standard InChI is InChI=1S/C24H28N4O5S/c1-28-14-24(25-16-28)34(31,32)27-21-12-11-20(33-22(21)15-29)13-23(30)26-19-9-7-18(8-10-19)17-5-3-2-4-6-17/h2-10,14,16,20-22,27,29H,11-13,15H2,1H3,(H,26,30)/t20-,21-,22+/m0/s1. The summed E-state index contributed by atoms with van der Waals surface area (Å²) in [7, 11) is -2.16. The number of hydrogen-bond donors (Lipinski definition) is 3. The molecule has 1 aromatic heterocycles. The summed E-state index contributed by atoms with van der Waals surface area (Å²) in [5.41, 5.74) is 2.83. The summed E-state index contributed by atoms with van der Waals surface area (Å²) >= 11 is 0. The summed E-state index contributed by atoms with van der Waals surface area (Å²) in [6.45, 7) is -0.367. The monoisotopic (exact) mass is 484 g/mol. The van der Waals surface area contributed by atoms with Crippen LogP contribution in [-0.4, -0.2) is 53.8 Å². The maximum atomic E-state index is 12.6. The molecule has 1 saturated heterocycles. The van der Waals surface area contributed by atoms with Gasteiger partial charge in [-0.3, -0.25) is 4.79 Å². The maximum absolute atomic E-state index is 12.6. The first-order chi connectivity index (χ1) is 16.3. The zero-order valence-corrected chi connectivity index (χ0v) is 19.6. The number of benzene rings is 2. The number of nitrogens with zero attached hydrogens (tertiary/aromatic N) is 2. The van der Waals surface area contributed by atoms with E-state index in [1.54, 1.807) is 11.6 Å². The molecule has 3 atom stereocenters. The van der Waals surface area contributed by atoms with Crippen molar-refractivity contribution in [3.8, 4) is 11.1 Å². The molecule has 3 N–H and O–H groups in total. The van der Waals surface area contributed by atoms with Crippen molar-refractivity contribution in [2.24, 2.45) is 7.05 Å². The van der Waals surface area contributed by atoms with Crippen LogP contribution in [0.2, 0.25) is 0 Å². The number of rotatable bonds is 8. The van der Waals surface area contributed by atoms with Crippen LogP contribution < -0.4 is 10.0 Å². The Balaban J connectivity index is 1.31. The molecule has 0 saturated carbocycles. The average molecular weight is 485 g/mol. The quantitative estimate of drug-likeness (QED) is 0.451. The number of aliphatic hydroxyl groups excluding tert-OH is 1.